The topological polar surface area (TPSA) is 107 Å². The summed E-state index contributed by atoms with van der Waals surface area (Å²) in [7, 11) is -3.31. The minimum Gasteiger partial charge on any atom is -0.380 e. The van der Waals surface area contributed by atoms with Gasteiger partial charge in [-0.3, -0.25) is 14.3 Å². The molecule has 1 aromatic carbocycles. The van der Waals surface area contributed by atoms with Crippen LogP contribution in [0.5, 0.6) is 0 Å². The van der Waals surface area contributed by atoms with Crippen LogP contribution in [0.15, 0.2) is 42.1 Å². The molecule has 2 amide bonds. The van der Waals surface area contributed by atoms with Crippen molar-refractivity contribution in [1.29, 1.82) is 0 Å². The van der Waals surface area contributed by atoms with Crippen LogP contribution in [-0.2, 0) is 14.8 Å². The number of hydrogen-bond acceptors (Lipinski definition) is 5. The molecular weight excluding hydrogens is 454 g/mol. The molecule has 1 heterocycles. The van der Waals surface area contributed by atoms with Crippen molar-refractivity contribution in [2.45, 2.75) is 55.8 Å². The maximum atomic E-state index is 12.9. The number of amides is 2. The molecule has 0 atom stereocenters. The summed E-state index contributed by atoms with van der Waals surface area (Å²) in [4.78, 5) is 28.6. The summed E-state index contributed by atoms with van der Waals surface area (Å²) in [5.74, 6) is -0.294. The smallest absolute Gasteiger partial charge is 0.254 e. The van der Waals surface area contributed by atoms with E-state index in [4.69, 9.17) is 0 Å². The van der Waals surface area contributed by atoms with Crippen LogP contribution in [-0.4, -0.2) is 72.2 Å². The number of carbonyl (C=O) groups excluding carboxylic acids is 2. The quantitative estimate of drug-likeness (QED) is 0.641. The second kappa shape index (κ2) is 8.85. The molecule has 34 heavy (non-hydrogen) atoms. The van der Waals surface area contributed by atoms with E-state index in [0.29, 0.717) is 56.7 Å². The van der Waals surface area contributed by atoms with Crippen molar-refractivity contribution >= 4 is 27.4 Å². The first-order chi connectivity index (χ1) is 16.2. The highest BCUT2D eigenvalue weighted by Crippen LogP contribution is 2.37. The second-order valence-corrected chi connectivity index (χ2v) is 11.7. The summed E-state index contributed by atoms with van der Waals surface area (Å²) in [6.45, 7) is 1.76. The molecular formula is C25H31N3O5S. The Kier molecular flexibility index (Phi) is 6.02. The Bertz CT molecular complexity index is 1140. The second-order valence-electron chi connectivity index (χ2n) is 9.76. The summed E-state index contributed by atoms with van der Waals surface area (Å²) >= 11 is 0. The molecule has 8 nitrogen and oxygen atoms in total. The third kappa shape index (κ3) is 4.63. The van der Waals surface area contributed by atoms with E-state index < -0.39 is 15.6 Å². The molecule has 0 aromatic heterocycles. The normalized spacial score (nSPS) is 22.4. The van der Waals surface area contributed by atoms with Gasteiger partial charge in [-0.2, -0.15) is 0 Å². The number of nitrogens with one attached hydrogen (secondary N) is 1. The van der Waals surface area contributed by atoms with Gasteiger partial charge in [-0.15, -0.1) is 0 Å². The summed E-state index contributed by atoms with van der Waals surface area (Å²) < 4.78 is 27.7. The maximum absolute atomic E-state index is 12.9. The van der Waals surface area contributed by atoms with Gasteiger partial charge in [-0.05, 0) is 67.9 Å². The van der Waals surface area contributed by atoms with Gasteiger partial charge < -0.3 is 14.9 Å². The number of aliphatic hydroxyl groups is 1. The van der Waals surface area contributed by atoms with E-state index in [1.807, 2.05) is 18.2 Å². The van der Waals surface area contributed by atoms with E-state index in [1.165, 1.54) is 0 Å². The first-order valence-corrected chi connectivity index (χ1v) is 13.6. The van der Waals surface area contributed by atoms with Crippen molar-refractivity contribution in [3.8, 4) is 0 Å². The van der Waals surface area contributed by atoms with Gasteiger partial charge in [0, 0.05) is 37.4 Å². The first kappa shape index (κ1) is 23.1. The van der Waals surface area contributed by atoms with Gasteiger partial charge in [0.15, 0.2) is 0 Å². The van der Waals surface area contributed by atoms with Crippen molar-refractivity contribution in [1.82, 2.24) is 14.5 Å². The van der Waals surface area contributed by atoms with Crippen LogP contribution in [0.3, 0.4) is 0 Å². The molecule has 1 saturated heterocycles. The Balaban J connectivity index is 1.20. The van der Waals surface area contributed by atoms with Crippen molar-refractivity contribution in [3.05, 3.63) is 53.2 Å². The van der Waals surface area contributed by atoms with E-state index in [-0.39, 0.29) is 17.1 Å². The number of rotatable bonds is 6. The lowest BCUT2D eigenvalue weighted by Crippen LogP contribution is -2.53. The molecule has 0 unspecified atom stereocenters. The Morgan fingerprint density at radius 1 is 1.00 bits per heavy atom. The summed E-state index contributed by atoms with van der Waals surface area (Å²) in [6.07, 6.45) is 8.88. The molecule has 182 valence electrons. The van der Waals surface area contributed by atoms with Gasteiger partial charge in [-0.1, -0.05) is 24.6 Å². The highest BCUT2D eigenvalue weighted by molar-refractivity contribution is 7.90. The molecule has 3 aliphatic carbocycles. The average Bonchev–Trinajstić information content (AvgIpc) is 3.55. The molecule has 3 fully saturated rings. The SMILES string of the molecule is O=C(c1ccc(C2=CCCC(NS(=O)(=O)C3CCC3)=C2)cc1)N1CCN(C(=O)C2(O)CC2)CC1. The monoisotopic (exact) mass is 485 g/mol. The lowest BCUT2D eigenvalue weighted by molar-refractivity contribution is -0.143. The van der Waals surface area contributed by atoms with Gasteiger partial charge in [0.1, 0.15) is 5.60 Å². The fourth-order valence-electron chi connectivity index (χ4n) is 4.66. The molecule has 9 heteroatoms. The summed E-state index contributed by atoms with van der Waals surface area (Å²) in [5, 5.41) is 9.76. The highest BCUT2D eigenvalue weighted by atomic mass is 32.2. The number of sulfonamides is 1. The number of carbonyl (C=O) groups is 2. The van der Waals surface area contributed by atoms with Crippen LogP contribution in [0, 0.1) is 0 Å². The Morgan fingerprint density at radius 3 is 2.24 bits per heavy atom. The van der Waals surface area contributed by atoms with E-state index in [9.17, 15) is 23.1 Å². The number of piperazine rings is 1. The Labute approximate surface area is 200 Å². The molecule has 0 spiro atoms. The molecule has 0 radical (unpaired) electrons. The zero-order valence-electron chi connectivity index (χ0n) is 19.2. The lowest BCUT2D eigenvalue weighted by Gasteiger charge is -2.35. The van der Waals surface area contributed by atoms with Crippen LogP contribution in [0.4, 0.5) is 0 Å². The van der Waals surface area contributed by atoms with Crippen LogP contribution in [0.2, 0.25) is 0 Å². The van der Waals surface area contributed by atoms with Gasteiger partial charge in [-0.25, -0.2) is 8.42 Å². The van der Waals surface area contributed by atoms with Gasteiger partial charge in [0.05, 0.1) is 5.25 Å². The Hall–Kier alpha value is -2.65. The van der Waals surface area contributed by atoms with Crippen molar-refractivity contribution in [2.75, 3.05) is 26.2 Å². The van der Waals surface area contributed by atoms with Gasteiger partial charge in [0.25, 0.3) is 11.8 Å². The van der Waals surface area contributed by atoms with E-state index in [0.717, 1.165) is 36.8 Å². The number of nitrogens with zero attached hydrogens (tertiary/aromatic N) is 2. The molecule has 4 aliphatic rings. The minimum atomic E-state index is -3.31. The number of benzene rings is 1. The fourth-order valence-corrected chi connectivity index (χ4v) is 6.30. The maximum Gasteiger partial charge on any atom is 0.254 e. The predicted molar refractivity (Wildman–Crippen MR) is 128 cm³/mol. The van der Waals surface area contributed by atoms with Crippen molar-refractivity contribution in [3.63, 3.8) is 0 Å². The van der Waals surface area contributed by atoms with Crippen LogP contribution < -0.4 is 4.72 Å². The zero-order valence-corrected chi connectivity index (χ0v) is 20.0. The molecule has 0 bridgehead atoms. The number of hydrogen-bond donors (Lipinski definition) is 2. The van der Waals surface area contributed by atoms with E-state index in [2.05, 4.69) is 10.8 Å². The summed E-state index contributed by atoms with van der Waals surface area (Å²) in [5.41, 5.74) is 2.01. The molecule has 5 rings (SSSR count). The molecule has 1 aromatic rings. The summed E-state index contributed by atoms with van der Waals surface area (Å²) in [6, 6.07) is 7.37. The van der Waals surface area contributed by atoms with Gasteiger partial charge in [0.2, 0.25) is 10.0 Å². The standard InChI is InChI=1S/C25H31N3O5S/c29-23(27-13-15-28(16-14-27)24(30)25(31)11-12-25)19-9-7-18(8-10-19)20-3-1-4-21(17-20)26-34(32,33)22-5-2-6-22/h3,7-10,17,22,26,31H,1-2,4-6,11-16H2. The first-order valence-electron chi connectivity index (χ1n) is 12.1. The molecule has 2 saturated carbocycles. The molecule has 1 aliphatic heterocycles. The third-order valence-corrected chi connectivity index (χ3v) is 9.21. The predicted octanol–water partition coefficient (Wildman–Crippen LogP) is 2.03. The third-order valence-electron chi connectivity index (χ3n) is 7.31. The van der Waals surface area contributed by atoms with E-state index in [1.54, 1.807) is 21.9 Å². The van der Waals surface area contributed by atoms with Crippen LogP contribution in [0.25, 0.3) is 5.57 Å². The largest absolute Gasteiger partial charge is 0.380 e. The van der Waals surface area contributed by atoms with E-state index >= 15 is 0 Å². The van der Waals surface area contributed by atoms with Crippen LogP contribution in [0.1, 0.15) is 60.9 Å². The van der Waals surface area contributed by atoms with Crippen LogP contribution >= 0.6 is 0 Å². The minimum absolute atomic E-state index is 0.0779. The van der Waals surface area contributed by atoms with Crippen molar-refractivity contribution in [2.24, 2.45) is 0 Å². The van der Waals surface area contributed by atoms with Gasteiger partial charge >= 0.3 is 0 Å². The Morgan fingerprint density at radius 2 is 1.65 bits per heavy atom. The van der Waals surface area contributed by atoms with Crippen molar-refractivity contribution < 1.29 is 23.1 Å². The zero-order chi connectivity index (χ0) is 23.9. The fraction of sp³-hybridized carbons (Fsp3) is 0.520. The average molecular weight is 486 g/mol. The molecule has 2 N–H and O–H groups in total. The lowest BCUT2D eigenvalue weighted by atomic mass is 9.97. The highest BCUT2D eigenvalue weighted by Gasteiger charge is 2.50. The number of allylic oxidation sites excluding steroid dienone is 4.